The Morgan fingerprint density at radius 1 is 1.24 bits per heavy atom. The molecular formula is C16H28N4O. The molecule has 21 heavy (non-hydrogen) atoms. The minimum atomic E-state index is 0.155. The van der Waals surface area contributed by atoms with Gasteiger partial charge in [-0.15, -0.1) is 0 Å². The molecule has 0 aliphatic rings. The van der Waals surface area contributed by atoms with E-state index in [4.69, 9.17) is 10.9 Å². The molecule has 1 aromatic rings. The number of aryl methyl sites for hydroxylation is 1. The summed E-state index contributed by atoms with van der Waals surface area (Å²) in [6.45, 7) is 8.42. The van der Waals surface area contributed by atoms with Gasteiger partial charge in [0.15, 0.2) is 5.84 Å². The lowest BCUT2D eigenvalue weighted by atomic mass is 10.0. The third kappa shape index (κ3) is 5.73. The van der Waals surface area contributed by atoms with Crippen LogP contribution in [0.25, 0.3) is 0 Å². The second-order valence-corrected chi connectivity index (χ2v) is 5.71. The first-order valence-electron chi connectivity index (χ1n) is 7.42. The molecule has 0 spiro atoms. The Hall–Kier alpha value is -1.59. The number of benzene rings is 1. The van der Waals surface area contributed by atoms with E-state index in [1.807, 2.05) is 12.1 Å². The zero-order valence-corrected chi connectivity index (χ0v) is 13.6. The normalized spacial score (nSPS) is 12.4. The second kappa shape index (κ2) is 8.64. The van der Waals surface area contributed by atoms with E-state index in [0.29, 0.717) is 0 Å². The van der Waals surface area contributed by atoms with Gasteiger partial charge in [-0.2, -0.15) is 0 Å². The Morgan fingerprint density at radius 3 is 2.48 bits per heavy atom. The van der Waals surface area contributed by atoms with Crippen molar-refractivity contribution in [2.75, 3.05) is 33.7 Å². The van der Waals surface area contributed by atoms with Crippen LogP contribution in [0.1, 0.15) is 30.0 Å². The molecule has 0 radical (unpaired) electrons. The van der Waals surface area contributed by atoms with Gasteiger partial charge >= 0.3 is 0 Å². The van der Waals surface area contributed by atoms with E-state index < -0.39 is 0 Å². The molecule has 5 nitrogen and oxygen atoms in total. The van der Waals surface area contributed by atoms with Crippen LogP contribution in [0.3, 0.4) is 0 Å². The maximum absolute atomic E-state index is 8.74. The average Bonchev–Trinajstić information content (AvgIpc) is 2.46. The lowest BCUT2D eigenvalue weighted by molar-refractivity contribution is 0.233. The third-order valence-corrected chi connectivity index (χ3v) is 3.54. The maximum atomic E-state index is 8.74. The molecule has 0 aliphatic heterocycles. The predicted molar refractivity (Wildman–Crippen MR) is 87.8 cm³/mol. The number of nitrogens with zero attached hydrogens (tertiary/aromatic N) is 3. The number of rotatable bonds is 8. The van der Waals surface area contributed by atoms with E-state index in [-0.39, 0.29) is 5.84 Å². The van der Waals surface area contributed by atoms with E-state index in [0.717, 1.165) is 38.2 Å². The van der Waals surface area contributed by atoms with Gasteiger partial charge in [-0.3, -0.25) is 4.90 Å². The Labute approximate surface area is 128 Å². The summed E-state index contributed by atoms with van der Waals surface area (Å²) < 4.78 is 0. The topological polar surface area (TPSA) is 65.1 Å². The molecule has 0 amide bonds. The summed E-state index contributed by atoms with van der Waals surface area (Å²) in [7, 11) is 4.20. The Bertz CT molecular complexity index is 471. The number of likely N-dealkylation sites (N-methyl/N-ethyl adjacent to an activating group) is 1. The highest BCUT2D eigenvalue weighted by Gasteiger charge is 2.09. The SMILES string of the molecule is CCCN(CCN(C)C)Cc1ccc(/C(N)=N/O)cc1C. The molecule has 0 heterocycles. The highest BCUT2D eigenvalue weighted by molar-refractivity contribution is 5.97. The number of oxime groups is 1. The molecule has 0 aromatic heterocycles. The highest BCUT2D eigenvalue weighted by atomic mass is 16.4. The van der Waals surface area contributed by atoms with Crippen LogP contribution in [0.15, 0.2) is 23.4 Å². The lowest BCUT2D eigenvalue weighted by Crippen LogP contribution is -2.32. The fourth-order valence-electron chi connectivity index (χ4n) is 2.26. The fraction of sp³-hybridized carbons (Fsp3) is 0.562. The summed E-state index contributed by atoms with van der Waals surface area (Å²) in [6, 6.07) is 5.95. The molecule has 5 heteroatoms. The second-order valence-electron chi connectivity index (χ2n) is 5.71. The minimum absolute atomic E-state index is 0.155. The number of nitrogens with two attached hydrogens (primary N) is 1. The lowest BCUT2D eigenvalue weighted by Gasteiger charge is -2.24. The fourth-order valence-corrected chi connectivity index (χ4v) is 2.26. The van der Waals surface area contributed by atoms with Crippen LogP contribution < -0.4 is 5.73 Å². The maximum Gasteiger partial charge on any atom is 0.170 e. The average molecular weight is 292 g/mol. The number of hydrogen-bond donors (Lipinski definition) is 2. The van der Waals surface area contributed by atoms with Gasteiger partial charge in [0.05, 0.1) is 0 Å². The molecule has 0 saturated carbocycles. The van der Waals surface area contributed by atoms with Crippen molar-refractivity contribution in [3.8, 4) is 0 Å². The van der Waals surface area contributed by atoms with Crippen LogP contribution in [-0.4, -0.2) is 54.6 Å². The van der Waals surface area contributed by atoms with Crippen LogP contribution in [0, 0.1) is 6.92 Å². The zero-order chi connectivity index (χ0) is 15.8. The summed E-state index contributed by atoms with van der Waals surface area (Å²) in [5.41, 5.74) is 8.85. The van der Waals surface area contributed by atoms with Crippen LogP contribution in [0.5, 0.6) is 0 Å². The molecule has 1 rings (SSSR count). The molecule has 1 aromatic carbocycles. The van der Waals surface area contributed by atoms with Crippen molar-refractivity contribution < 1.29 is 5.21 Å². The molecule has 3 N–H and O–H groups in total. The molecule has 0 unspecified atom stereocenters. The summed E-state index contributed by atoms with van der Waals surface area (Å²) in [4.78, 5) is 4.67. The van der Waals surface area contributed by atoms with Crippen molar-refractivity contribution in [1.82, 2.24) is 9.80 Å². The first-order valence-corrected chi connectivity index (χ1v) is 7.42. The molecular weight excluding hydrogens is 264 g/mol. The van der Waals surface area contributed by atoms with E-state index in [1.165, 1.54) is 11.1 Å². The predicted octanol–water partition coefficient (Wildman–Crippen LogP) is 1.86. The van der Waals surface area contributed by atoms with Crippen LogP contribution in [0.4, 0.5) is 0 Å². The van der Waals surface area contributed by atoms with E-state index in [9.17, 15) is 0 Å². The number of amidine groups is 1. The van der Waals surface area contributed by atoms with Crippen molar-refractivity contribution in [3.05, 3.63) is 34.9 Å². The summed E-state index contributed by atoms with van der Waals surface area (Å²) in [6.07, 6.45) is 1.15. The standard InChI is InChI=1S/C16H28N4O/c1-5-8-20(10-9-19(3)4)12-15-7-6-14(11-13(15)2)16(17)18-21/h6-7,11,21H,5,8-10,12H2,1-4H3,(H2,17,18). The Kier molecular flexibility index (Phi) is 7.19. The van der Waals surface area contributed by atoms with Gasteiger partial charge in [0, 0.05) is 25.2 Å². The summed E-state index contributed by atoms with van der Waals surface area (Å²) in [5, 5.41) is 11.8. The summed E-state index contributed by atoms with van der Waals surface area (Å²) >= 11 is 0. The molecule has 0 bridgehead atoms. The number of hydrogen-bond acceptors (Lipinski definition) is 4. The van der Waals surface area contributed by atoms with E-state index >= 15 is 0 Å². The molecule has 0 atom stereocenters. The monoisotopic (exact) mass is 292 g/mol. The van der Waals surface area contributed by atoms with E-state index in [2.05, 4.69) is 49.0 Å². The van der Waals surface area contributed by atoms with Crippen molar-refractivity contribution >= 4 is 5.84 Å². The van der Waals surface area contributed by atoms with Crippen LogP contribution in [-0.2, 0) is 6.54 Å². The highest BCUT2D eigenvalue weighted by Crippen LogP contribution is 2.14. The third-order valence-electron chi connectivity index (χ3n) is 3.54. The van der Waals surface area contributed by atoms with Crippen LogP contribution >= 0.6 is 0 Å². The largest absolute Gasteiger partial charge is 0.409 e. The molecule has 0 aliphatic carbocycles. The quantitative estimate of drug-likeness (QED) is 0.332. The zero-order valence-electron chi connectivity index (χ0n) is 13.6. The van der Waals surface area contributed by atoms with Gasteiger partial charge in [0.1, 0.15) is 0 Å². The van der Waals surface area contributed by atoms with Crippen molar-refractivity contribution in [2.24, 2.45) is 10.9 Å². The van der Waals surface area contributed by atoms with Gasteiger partial charge in [0.25, 0.3) is 0 Å². The smallest absolute Gasteiger partial charge is 0.170 e. The van der Waals surface area contributed by atoms with Gasteiger partial charge in [-0.05, 0) is 51.2 Å². The molecule has 0 saturated heterocycles. The van der Waals surface area contributed by atoms with Gasteiger partial charge in [0.2, 0.25) is 0 Å². The van der Waals surface area contributed by atoms with Crippen molar-refractivity contribution in [3.63, 3.8) is 0 Å². The minimum Gasteiger partial charge on any atom is -0.409 e. The summed E-state index contributed by atoms with van der Waals surface area (Å²) in [5.74, 6) is 0.155. The van der Waals surface area contributed by atoms with Gasteiger partial charge < -0.3 is 15.8 Å². The Morgan fingerprint density at radius 2 is 1.95 bits per heavy atom. The Balaban J connectivity index is 2.79. The first kappa shape index (κ1) is 17.5. The molecule has 0 fully saturated rings. The van der Waals surface area contributed by atoms with Gasteiger partial charge in [-0.25, -0.2) is 0 Å². The van der Waals surface area contributed by atoms with Gasteiger partial charge in [-0.1, -0.05) is 24.2 Å². The molecule has 118 valence electrons. The van der Waals surface area contributed by atoms with E-state index in [1.54, 1.807) is 0 Å². The van der Waals surface area contributed by atoms with Crippen molar-refractivity contribution in [1.29, 1.82) is 0 Å². The van der Waals surface area contributed by atoms with Crippen LogP contribution in [0.2, 0.25) is 0 Å². The first-order chi connectivity index (χ1) is 9.97. The van der Waals surface area contributed by atoms with Crippen molar-refractivity contribution in [2.45, 2.75) is 26.8 Å².